The molecule has 4 rings (SSSR count). The van der Waals surface area contributed by atoms with E-state index in [1.165, 1.54) is 12.1 Å². The summed E-state index contributed by atoms with van der Waals surface area (Å²) in [6, 6.07) is 12.9. The summed E-state index contributed by atoms with van der Waals surface area (Å²) in [6.07, 6.45) is 5.53. The molecule has 0 aliphatic carbocycles. The van der Waals surface area contributed by atoms with Gasteiger partial charge in [0.2, 0.25) is 0 Å². The zero-order valence-electron chi connectivity index (χ0n) is 17.4. The topological polar surface area (TPSA) is 67.3 Å². The van der Waals surface area contributed by atoms with Crippen LogP contribution in [0.15, 0.2) is 60.9 Å². The zero-order valence-corrected chi connectivity index (χ0v) is 17.4. The van der Waals surface area contributed by atoms with Crippen molar-refractivity contribution in [2.75, 3.05) is 18.0 Å². The third-order valence-corrected chi connectivity index (χ3v) is 5.43. The van der Waals surface area contributed by atoms with E-state index >= 15 is 0 Å². The molecule has 1 N–H and O–H groups in total. The van der Waals surface area contributed by atoms with Gasteiger partial charge in [-0.15, -0.1) is 0 Å². The average Bonchev–Trinajstić information content (AvgIpc) is 2.80. The molecule has 2 heterocycles. The van der Waals surface area contributed by atoms with Crippen molar-refractivity contribution in [1.82, 2.24) is 15.3 Å². The molecule has 7 heteroatoms. The number of carbonyl (C=O) groups excluding carboxylic acids is 1. The van der Waals surface area contributed by atoms with E-state index in [0.29, 0.717) is 23.7 Å². The summed E-state index contributed by atoms with van der Waals surface area (Å²) < 4.78 is 19.0. The highest BCUT2D eigenvalue weighted by Gasteiger charge is 2.21. The molecule has 1 amide bonds. The van der Waals surface area contributed by atoms with Crippen LogP contribution in [0.5, 0.6) is 11.6 Å². The molecule has 0 spiro atoms. The lowest BCUT2D eigenvalue weighted by Crippen LogP contribution is -2.33. The Kier molecular flexibility index (Phi) is 6.40. The maximum atomic E-state index is 13.0. The van der Waals surface area contributed by atoms with Crippen molar-refractivity contribution in [3.8, 4) is 11.6 Å². The highest BCUT2D eigenvalue weighted by atomic mass is 19.1. The van der Waals surface area contributed by atoms with Crippen molar-refractivity contribution in [1.29, 1.82) is 0 Å². The second kappa shape index (κ2) is 9.55. The molecule has 0 radical (unpaired) electrons. The summed E-state index contributed by atoms with van der Waals surface area (Å²) in [5.74, 6) is 2.01. The number of amides is 1. The van der Waals surface area contributed by atoms with E-state index in [4.69, 9.17) is 4.74 Å². The smallest absolute Gasteiger partial charge is 0.263 e. The molecular formula is C24H25FN4O2. The van der Waals surface area contributed by atoms with Gasteiger partial charge in [-0.05, 0) is 60.7 Å². The first-order valence-corrected chi connectivity index (χ1v) is 10.4. The number of hydrogen-bond acceptors (Lipinski definition) is 5. The Balaban J connectivity index is 1.38. The number of benzene rings is 2. The number of nitrogens with zero attached hydrogens (tertiary/aromatic N) is 3. The van der Waals surface area contributed by atoms with Crippen LogP contribution in [0.3, 0.4) is 0 Å². The maximum Gasteiger partial charge on any atom is 0.263 e. The molecule has 3 aromatic rings. The van der Waals surface area contributed by atoms with E-state index in [0.717, 1.165) is 43.2 Å². The largest absolute Gasteiger partial charge is 0.436 e. The van der Waals surface area contributed by atoms with E-state index in [-0.39, 0.29) is 11.7 Å². The Labute approximate surface area is 181 Å². The summed E-state index contributed by atoms with van der Waals surface area (Å²) in [7, 11) is 0. The normalized spacial score (nSPS) is 14.3. The fourth-order valence-electron chi connectivity index (χ4n) is 3.50. The van der Waals surface area contributed by atoms with Crippen molar-refractivity contribution in [2.24, 2.45) is 5.92 Å². The number of carbonyl (C=O) groups is 1. The summed E-state index contributed by atoms with van der Waals surface area (Å²) >= 11 is 0. The number of hydrogen-bond donors (Lipinski definition) is 1. The molecule has 0 atom stereocenters. The molecule has 0 saturated carbocycles. The van der Waals surface area contributed by atoms with Gasteiger partial charge in [0.25, 0.3) is 11.8 Å². The Morgan fingerprint density at radius 3 is 2.45 bits per heavy atom. The second-order valence-electron chi connectivity index (χ2n) is 7.79. The number of anilines is 1. The van der Waals surface area contributed by atoms with E-state index < -0.39 is 0 Å². The van der Waals surface area contributed by atoms with Crippen LogP contribution in [0, 0.1) is 11.7 Å². The van der Waals surface area contributed by atoms with E-state index in [2.05, 4.69) is 27.1 Å². The zero-order chi connectivity index (χ0) is 21.6. The van der Waals surface area contributed by atoms with Crippen LogP contribution in [-0.4, -0.2) is 29.0 Å². The molecule has 2 aromatic carbocycles. The van der Waals surface area contributed by atoms with E-state index in [1.54, 1.807) is 48.8 Å². The van der Waals surface area contributed by atoms with E-state index in [1.807, 2.05) is 0 Å². The number of piperidine rings is 1. The first-order chi connectivity index (χ1) is 15.1. The molecule has 1 aromatic heterocycles. The molecule has 1 aliphatic heterocycles. The number of nitrogens with one attached hydrogen (secondary N) is 1. The van der Waals surface area contributed by atoms with Crippen molar-refractivity contribution in [2.45, 2.75) is 26.3 Å². The second-order valence-corrected chi connectivity index (χ2v) is 7.79. The van der Waals surface area contributed by atoms with Crippen LogP contribution >= 0.6 is 0 Å². The minimum absolute atomic E-state index is 0.210. The van der Waals surface area contributed by atoms with Crippen LogP contribution in [0.4, 0.5) is 10.2 Å². The predicted molar refractivity (Wildman–Crippen MR) is 117 cm³/mol. The fourth-order valence-corrected chi connectivity index (χ4v) is 3.50. The number of ether oxygens (including phenoxy) is 1. The fraction of sp³-hybridized carbons (Fsp3) is 0.292. The molecule has 6 nitrogen and oxygen atoms in total. The number of rotatable bonds is 6. The first kappa shape index (κ1) is 20.8. The Bertz CT molecular complexity index is 1020. The number of halogens is 1. The SMILES string of the molecule is CC1CCN(c2nccnc2Oc2ccc(C(=O)NCc3ccc(F)cc3)cc2)CC1. The standard InChI is InChI=1S/C24H25FN4O2/c1-17-10-14-29(15-11-17)22-24(27-13-12-26-22)31-21-8-4-19(5-9-21)23(30)28-16-18-2-6-20(25)7-3-18/h2-9,12-13,17H,10-11,14-16H2,1H3,(H,28,30). The van der Waals surface area contributed by atoms with Gasteiger partial charge < -0.3 is 15.0 Å². The van der Waals surface area contributed by atoms with Crippen LogP contribution in [0.1, 0.15) is 35.7 Å². The molecule has 1 fully saturated rings. The molecular weight excluding hydrogens is 395 g/mol. The molecule has 1 aliphatic rings. The van der Waals surface area contributed by atoms with Gasteiger partial charge >= 0.3 is 0 Å². The first-order valence-electron chi connectivity index (χ1n) is 10.4. The van der Waals surface area contributed by atoms with Gasteiger partial charge in [-0.25, -0.2) is 14.4 Å². The molecule has 31 heavy (non-hydrogen) atoms. The molecule has 1 saturated heterocycles. The van der Waals surface area contributed by atoms with Crippen molar-refractivity contribution >= 4 is 11.7 Å². The highest BCUT2D eigenvalue weighted by molar-refractivity contribution is 5.94. The summed E-state index contributed by atoms with van der Waals surface area (Å²) in [4.78, 5) is 23.4. The number of aromatic nitrogens is 2. The highest BCUT2D eigenvalue weighted by Crippen LogP contribution is 2.30. The van der Waals surface area contributed by atoms with Crippen LogP contribution < -0.4 is 15.0 Å². The molecule has 0 bridgehead atoms. The molecule has 160 valence electrons. The Morgan fingerprint density at radius 2 is 1.74 bits per heavy atom. The van der Waals surface area contributed by atoms with Gasteiger partial charge in [0.15, 0.2) is 5.82 Å². The van der Waals surface area contributed by atoms with Gasteiger partial charge in [0.05, 0.1) is 0 Å². The minimum Gasteiger partial charge on any atom is -0.436 e. The van der Waals surface area contributed by atoms with Crippen molar-refractivity contribution in [3.63, 3.8) is 0 Å². The summed E-state index contributed by atoms with van der Waals surface area (Å²) in [6.45, 7) is 4.46. The van der Waals surface area contributed by atoms with Crippen molar-refractivity contribution in [3.05, 3.63) is 77.9 Å². The summed E-state index contributed by atoms with van der Waals surface area (Å²) in [5.41, 5.74) is 1.34. The van der Waals surface area contributed by atoms with E-state index in [9.17, 15) is 9.18 Å². The third kappa shape index (κ3) is 5.36. The van der Waals surface area contributed by atoms with Gasteiger partial charge in [0.1, 0.15) is 11.6 Å². The van der Waals surface area contributed by atoms with Gasteiger partial charge in [-0.2, -0.15) is 0 Å². The van der Waals surface area contributed by atoms with Gasteiger partial charge in [-0.3, -0.25) is 4.79 Å². The third-order valence-electron chi connectivity index (χ3n) is 5.43. The average molecular weight is 420 g/mol. The minimum atomic E-state index is -0.299. The molecule has 0 unspecified atom stereocenters. The van der Waals surface area contributed by atoms with Gasteiger partial charge in [-0.1, -0.05) is 19.1 Å². The maximum absolute atomic E-state index is 13.0. The van der Waals surface area contributed by atoms with Gasteiger partial charge in [0, 0.05) is 37.6 Å². The lowest BCUT2D eigenvalue weighted by molar-refractivity contribution is 0.0951. The van der Waals surface area contributed by atoms with Crippen LogP contribution in [0.25, 0.3) is 0 Å². The monoisotopic (exact) mass is 420 g/mol. The predicted octanol–water partition coefficient (Wildman–Crippen LogP) is 4.57. The summed E-state index contributed by atoms with van der Waals surface area (Å²) in [5, 5.41) is 2.83. The van der Waals surface area contributed by atoms with Crippen LogP contribution in [-0.2, 0) is 6.54 Å². The lowest BCUT2D eigenvalue weighted by atomic mass is 9.99. The Morgan fingerprint density at radius 1 is 1.06 bits per heavy atom. The quantitative estimate of drug-likeness (QED) is 0.633. The lowest BCUT2D eigenvalue weighted by Gasteiger charge is -2.31. The van der Waals surface area contributed by atoms with Crippen molar-refractivity contribution < 1.29 is 13.9 Å². The Hall–Kier alpha value is -3.48. The van der Waals surface area contributed by atoms with Crippen LogP contribution in [0.2, 0.25) is 0 Å².